The van der Waals surface area contributed by atoms with E-state index < -0.39 is 41.3 Å². The van der Waals surface area contributed by atoms with Crippen LogP contribution >= 0.6 is 0 Å². The maximum absolute atomic E-state index is 13.8. The Hall–Kier alpha value is -1.83. The number of amides is 1. The average Bonchev–Trinajstić information content (AvgIpc) is 2.92. The van der Waals surface area contributed by atoms with E-state index in [0.717, 1.165) is 12.1 Å². The van der Waals surface area contributed by atoms with Crippen LogP contribution in [-0.2, 0) is 10.9 Å². The first kappa shape index (κ1) is 19.5. The first-order valence-electron chi connectivity index (χ1n) is 8.02. The van der Waals surface area contributed by atoms with Crippen molar-refractivity contribution in [3.8, 4) is 0 Å². The standard InChI is InChI=1S/C17H22F4N2O2/c1-16(2,3)25-15(24)23-8-4-5-13(23)14(22)10-6-7-11(12(18)9-10)17(19,20)21/h6-7,9,13-14H,4-5,8,22H2,1-3H3/t13?,14-/m0/s1. The smallest absolute Gasteiger partial charge is 0.419 e. The number of nitrogens with two attached hydrogens (primary N) is 1. The van der Waals surface area contributed by atoms with E-state index in [0.29, 0.717) is 25.5 Å². The predicted molar refractivity (Wildman–Crippen MR) is 84.3 cm³/mol. The second-order valence-corrected chi connectivity index (χ2v) is 7.15. The lowest BCUT2D eigenvalue weighted by molar-refractivity contribution is -0.140. The van der Waals surface area contributed by atoms with Crippen molar-refractivity contribution in [1.29, 1.82) is 0 Å². The first-order chi connectivity index (χ1) is 11.4. The summed E-state index contributed by atoms with van der Waals surface area (Å²) in [6.45, 7) is 5.65. The SMILES string of the molecule is CC(C)(C)OC(=O)N1CCCC1[C@@H](N)c1ccc(C(F)(F)F)c(F)c1. The number of halogens is 4. The lowest BCUT2D eigenvalue weighted by Gasteiger charge is -2.32. The number of alkyl halides is 3. The van der Waals surface area contributed by atoms with Gasteiger partial charge in [0.05, 0.1) is 17.6 Å². The summed E-state index contributed by atoms with van der Waals surface area (Å²) >= 11 is 0. The van der Waals surface area contributed by atoms with Gasteiger partial charge in [0.1, 0.15) is 11.4 Å². The highest BCUT2D eigenvalue weighted by atomic mass is 19.4. The van der Waals surface area contributed by atoms with Crippen molar-refractivity contribution >= 4 is 6.09 Å². The number of benzene rings is 1. The molecule has 1 amide bonds. The van der Waals surface area contributed by atoms with E-state index in [2.05, 4.69) is 0 Å². The molecule has 1 aromatic rings. The van der Waals surface area contributed by atoms with Crippen molar-refractivity contribution in [3.63, 3.8) is 0 Å². The molecule has 8 heteroatoms. The molecular formula is C17H22F4N2O2. The second kappa shape index (κ2) is 6.82. The largest absolute Gasteiger partial charge is 0.444 e. The van der Waals surface area contributed by atoms with Crippen LogP contribution in [0.1, 0.15) is 50.8 Å². The summed E-state index contributed by atoms with van der Waals surface area (Å²) in [5, 5.41) is 0. The molecule has 2 rings (SSSR count). The molecule has 1 unspecified atom stereocenters. The van der Waals surface area contributed by atoms with Gasteiger partial charge < -0.3 is 15.4 Å². The van der Waals surface area contributed by atoms with Crippen molar-refractivity contribution in [1.82, 2.24) is 4.90 Å². The Kier molecular flexibility index (Phi) is 5.32. The molecule has 0 spiro atoms. The molecule has 1 heterocycles. The molecule has 140 valence electrons. The van der Waals surface area contributed by atoms with Crippen LogP contribution in [0.25, 0.3) is 0 Å². The Bertz CT molecular complexity index is 641. The number of hydrogen-bond acceptors (Lipinski definition) is 3. The van der Waals surface area contributed by atoms with Crippen molar-refractivity contribution in [2.75, 3.05) is 6.54 Å². The first-order valence-corrected chi connectivity index (χ1v) is 8.02. The highest BCUT2D eigenvalue weighted by Gasteiger charge is 2.38. The Morgan fingerprint density at radius 2 is 1.96 bits per heavy atom. The van der Waals surface area contributed by atoms with Gasteiger partial charge in [0.15, 0.2) is 0 Å². The van der Waals surface area contributed by atoms with E-state index in [1.165, 1.54) is 4.90 Å². The van der Waals surface area contributed by atoms with Gasteiger partial charge in [-0.3, -0.25) is 0 Å². The number of nitrogens with zero attached hydrogens (tertiary/aromatic N) is 1. The molecule has 0 aliphatic carbocycles. The number of carbonyl (C=O) groups is 1. The normalized spacial score (nSPS) is 19.8. The number of carbonyl (C=O) groups excluding carboxylic acids is 1. The van der Waals surface area contributed by atoms with Crippen LogP contribution in [0.3, 0.4) is 0 Å². The predicted octanol–water partition coefficient (Wildman–Crippen LogP) is 4.24. The number of rotatable bonds is 2. The Morgan fingerprint density at radius 3 is 2.48 bits per heavy atom. The number of hydrogen-bond donors (Lipinski definition) is 1. The molecule has 0 aromatic heterocycles. The minimum Gasteiger partial charge on any atom is -0.444 e. The lowest BCUT2D eigenvalue weighted by atomic mass is 9.97. The summed E-state index contributed by atoms with van der Waals surface area (Å²) in [4.78, 5) is 13.7. The maximum Gasteiger partial charge on any atom is 0.419 e. The van der Waals surface area contributed by atoms with Gasteiger partial charge in [-0.1, -0.05) is 6.07 Å². The average molecular weight is 362 g/mol. The highest BCUT2D eigenvalue weighted by Crippen LogP contribution is 2.34. The number of ether oxygens (including phenoxy) is 1. The van der Waals surface area contributed by atoms with Crippen LogP contribution in [0.4, 0.5) is 22.4 Å². The van der Waals surface area contributed by atoms with Crippen LogP contribution in [0.2, 0.25) is 0 Å². The van der Waals surface area contributed by atoms with Crippen LogP contribution in [0, 0.1) is 5.82 Å². The summed E-state index contributed by atoms with van der Waals surface area (Å²) in [7, 11) is 0. The van der Waals surface area contributed by atoms with E-state index >= 15 is 0 Å². The Morgan fingerprint density at radius 1 is 1.32 bits per heavy atom. The monoisotopic (exact) mass is 362 g/mol. The molecule has 2 N–H and O–H groups in total. The molecule has 1 aliphatic heterocycles. The summed E-state index contributed by atoms with van der Waals surface area (Å²) < 4.78 is 57.1. The van der Waals surface area contributed by atoms with Crippen LogP contribution in [0.5, 0.6) is 0 Å². The zero-order valence-electron chi connectivity index (χ0n) is 14.4. The second-order valence-electron chi connectivity index (χ2n) is 7.15. The molecule has 1 fully saturated rings. The van der Waals surface area contributed by atoms with E-state index in [1.807, 2.05) is 0 Å². The summed E-state index contributed by atoms with van der Waals surface area (Å²) in [6, 6.07) is 1.37. The molecule has 1 aromatic carbocycles. The quantitative estimate of drug-likeness (QED) is 0.801. The third-order valence-electron chi connectivity index (χ3n) is 4.03. The van der Waals surface area contributed by atoms with Gasteiger partial charge in [-0.15, -0.1) is 0 Å². The topological polar surface area (TPSA) is 55.6 Å². The van der Waals surface area contributed by atoms with Gasteiger partial charge in [-0.2, -0.15) is 13.2 Å². The summed E-state index contributed by atoms with van der Waals surface area (Å²) in [5.41, 5.74) is 4.33. The summed E-state index contributed by atoms with van der Waals surface area (Å²) in [5.74, 6) is -1.37. The van der Waals surface area contributed by atoms with Gasteiger partial charge >= 0.3 is 12.3 Å². The Labute approximate surface area is 143 Å². The van der Waals surface area contributed by atoms with Crippen molar-refractivity contribution in [2.24, 2.45) is 5.73 Å². The minimum atomic E-state index is -4.76. The van der Waals surface area contributed by atoms with E-state index in [9.17, 15) is 22.4 Å². The molecule has 0 radical (unpaired) electrons. The molecule has 1 saturated heterocycles. The maximum atomic E-state index is 13.8. The highest BCUT2D eigenvalue weighted by molar-refractivity contribution is 5.69. The molecule has 25 heavy (non-hydrogen) atoms. The molecule has 4 nitrogen and oxygen atoms in total. The van der Waals surface area contributed by atoms with E-state index in [-0.39, 0.29) is 5.56 Å². The fraction of sp³-hybridized carbons (Fsp3) is 0.588. The summed E-state index contributed by atoms with van der Waals surface area (Å²) in [6.07, 6.45) is -4.02. The zero-order chi connectivity index (χ0) is 19.0. The zero-order valence-corrected chi connectivity index (χ0v) is 14.4. The third kappa shape index (κ3) is 4.62. The van der Waals surface area contributed by atoms with Gasteiger partial charge in [-0.05, 0) is 51.3 Å². The fourth-order valence-electron chi connectivity index (χ4n) is 2.90. The van der Waals surface area contributed by atoms with Crippen LogP contribution < -0.4 is 5.73 Å². The van der Waals surface area contributed by atoms with Gasteiger partial charge in [0, 0.05) is 6.54 Å². The van der Waals surface area contributed by atoms with Crippen molar-refractivity contribution < 1.29 is 27.1 Å². The third-order valence-corrected chi connectivity index (χ3v) is 4.03. The van der Waals surface area contributed by atoms with Gasteiger partial charge in [0.2, 0.25) is 0 Å². The fourth-order valence-corrected chi connectivity index (χ4v) is 2.90. The lowest BCUT2D eigenvalue weighted by Crippen LogP contribution is -2.44. The van der Waals surface area contributed by atoms with E-state index in [4.69, 9.17) is 10.5 Å². The van der Waals surface area contributed by atoms with Crippen LogP contribution in [0.15, 0.2) is 18.2 Å². The Balaban J connectivity index is 2.20. The van der Waals surface area contributed by atoms with Gasteiger partial charge in [0.25, 0.3) is 0 Å². The van der Waals surface area contributed by atoms with Crippen molar-refractivity contribution in [3.05, 3.63) is 35.1 Å². The molecular weight excluding hydrogens is 340 g/mol. The number of likely N-dealkylation sites (tertiary alicyclic amines) is 1. The van der Waals surface area contributed by atoms with Crippen molar-refractivity contribution in [2.45, 2.75) is 57.5 Å². The molecule has 0 bridgehead atoms. The van der Waals surface area contributed by atoms with E-state index in [1.54, 1.807) is 20.8 Å². The van der Waals surface area contributed by atoms with Crippen LogP contribution in [-0.4, -0.2) is 29.2 Å². The molecule has 1 aliphatic rings. The van der Waals surface area contributed by atoms with Gasteiger partial charge in [-0.25, -0.2) is 9.18 Å². The minimum absolute atomic E-state index is 0.214. The molecule has 0 saturated carbocycles. The molecule has 2 atom stereocenters.